The lowest BCUT2D eigenvalue weighted by Crippen LogP contribution is -2.39. The molecule has 1 rings (SSSR count). The van der Waals surface area contributed by atoms with Crippen molar-refractivity contribution in [3.8, 4) is 0 Å². The quantitative estimate of drug-likeness (QED) is 0.802. The Labute approximate surface area is 124 Å². The lowest BCUT2D eigenvalue weighted by molar-refractivity contribution is -0.129. The molecule has 9 heteroatoms. The predicted octanol–water partition coefficient (Wildman–Crippen LogP) is 0.320. The maximum atomic E-state index is 12.1. The zero-order valence-corrected chi connectivity index (χ0v) is 13.5. The Kier molecular flexibility index (Phi) is 5.48. The summed E-state index contributed by atoms with van der Waals surface area (Å²) in [5, 5.41) is 0. The van der Waals surface area contributed by atoms with Crippen LogP contribution in [0.3, 0.4) is 0 Å². The Morgan fingerprint density at radius 1 is 1.24 bits per heavy atom. The average Bonchev–Trinajstić information content (AvgIpc) is 2.38. The highest BCUT2D eigenvalue weighted by Gasteiger charge is 2.24. The molecule has 0 aliphatic carbocycles. The van der Waals surface area contributed by atoms with Crippen molar-refractivity contribution in [2.24, 2.45) is 0 Å². The fourth-order valence-corrected chi connectivity index (χ4v) is 3.38. The maximum absolute atomic E-state index is 12.1. The van der Waals surface area contributed by atoms with E-state index in [0.717, 1.165) is 12.3 Å². The second kappa shape index (κ2) is 6.54. The molecule has 7 nitrogen and oxygen atoms in total. The number of sulfonamides is 1. The molecule has 21 heavy (non-hydrogen) atoms. The van der Waals surface area contributed by atoms with E-state index in [-0.39, 0.29) is 9.79 Å². The summed E-state index contributed by atoms with van der Waals surface area (Å²) < 4.78 is 53.7. The number of ether oxygens (including phenoxy) is 1. The van der Waals surface area contributed by atoms with Crippen LogP contribution in [0.5, 0.6) is 0 Å². The monoisotopic (exact) mass is 335 g/mol. The molecule has 1 N–H and O–H groups in total. The summed E-state index contributed by atoms with van der Waals surface area (Å²) in [4.78, 5) is 11.3. The van der Waals surface area contributed by atoms with Gasteiger partial charge in [-0.2, -0.15) is 0 Å². The van der Waals surface area contributed by atoms with E-state index in [1.807, 2.05) is 4.72 Å². The maximum Gasteiger partial charge on any atom is 0.264 e. The van der Waals surface area contributed by atoms with E-state index in [9.17, 15) is 21.6 Å². The van der Waals surface area contributed by atoms with Gasteiger partial charge in [0, 0.05) is 13.4 Å². The van der Waals surface area contributed by atoms with Crippen LogP contribution in [-0.4, -0.2) is 42.2 Å². The summed E-state index contributed by atoms with van der Waals surface area (Å²) in [7, 11) is -6.40. The number of methoxy groups -OCH3 is 1. The number of carbonyl (C=O) groups excluding carboxylic acids is 1. The number of amides is 1. The predicted molar refractivity (Wildman–Crippen MR) is 76.0 cm³/mol. The third-order valence-electron chi connectivity index (χ3n) is 2.73. The van der Waals surface area contributed by atoms with Crippen molar-refractivity contribution in [3.63, 3.8) is 0 Å². The minimum atomic E-state index is -4.15. The Hall–Kier alpha value is -1.45. The molecular formula is C12H17NO6S2. The molecule has 1 unspecified atom stereocenters. The molecular weight excluding hydrogens is 318 g/mol. The van der Waals surface area contributed by atoms with Crippen LogP contribution in [0, 0.1) is 0 Å². The normalized spacial score (nSPS) is 13.7. The molecule has 118 valence electrons. The number of hydrogen-bond donors (Lipinski definition) is 1. The Bertz CT molecular complexity index is 720. The van der Waals surface area contributed by atoms with Crippen molar-refractivity contribution in [1.29, 1.82) is 0 Å². The van der Waals surface area contributed by atoms with Crippen LogP contribution in [-0.2, 0) is 29.4 Å². The van der Waals surface area contributed by atoms with Crippen LogP contribution < -0.4 is 4.72 Å². The van der Waals surface area contributed by atoms with Gasteiger partial charge in [-0.15, -0.1) is 0 Å². The molecule has 1 aromatic rings. The molecule has 0 spiro atoms. The second-order valence-electron chi connectivity index (χ2n) is 4.35. The van der Waals surface area contributed by atoms with Crippen LogP contribution >= 0.6 is 0 Å². The van der Waals surface area contributed by atoms with Gasteiger partial charge in [-0.05, 0) is 24.6 Å². The first-order valence-corrected chi connectivity index (χ1v) is 9.39. The molecule has 1 amide bonds. The number of nitrogens with one attached hydrogen (secondary N) is 1. The Morgan fingerprint density at radius 2 is 1.81 bits per heavy atom. The molecule has 0 bridgehead atoms. The standard InChI is InChI=1S/C12H17NO6S2/c1-4-11(19-2)12(14)13-21(17,18)10-7-5-6-9(8-10)20(3,15)16/h5-8,11H,4H2,1-3H3,(H,13,14). The minimum Gasteiger partial charge on any atom is -0.372 e. The number of sulfone groups is 1. The first-order valence-electron chi connectivity index (χ1n) is 6.01. The summed E-state index contributed by atoms with van der Waals surface area (Å²) in [5.74, 6) is -0.801. The fourth-order valence-electron chi connectivity index (χ4n) is 1.59. The van der Waals surface area contributed by atoms with Crippen molar-refractivity contribution in [1.82, 2.24) is 4.72 Å². The third-order valence-corrected chi connectivity index (χ3v) is 5.18. The van der Waals surface area contributed by atoms with Gasteiger partial charge in [0.15, 0.2) is 9.84 Å². The largest absolute Gasteiger partial charge is 0.372 e. The van der Waals surface area contributed by atoms with Gasteiger partial charge in [-0.3, -0.25) is 4.79 Å². The highest BCUT2D eigenvalue weighted by atomic mass is 32.2. The van der Waals surface area contributed by atoms with Gasteiger partial charge in [0.05, 0.1) is 9.79 Å². The summed E-state index contributed by atoms with van der Waals surface area (Å²) in [6.45, 7) is 1.67. The number of carbonyl (C=O) groups is 1. The number of benzene rings is 1. The third kappa shape index (κ3) is 4.51. The molecule has 0 heterocycles. The van der Waals surface area contributed by atoms with E-state index in [0.29, 0.717) is 6.42 Å². The molecule has 0 saturated heterocycles. The smallest absolute Gasteiger partial charge is 0.264 e. The summed E-state index contributed by atoms with van der Waals surface area (Å²) in [6.07, 6.45) is 0.384. The van der Waals surface area contributed by atoms with Crippen molar-refractivity contribution in [3.05, 3.63) is 24.3 Å². The average molecular weight is 335 g/mol. The van der Waals surface area contributed by atoms with Crippen molar-refractivity contribution in [2.45, 2.75) is 29.2 Å². The van der Waals surface area contributed by atoms with E-state index >= 15 is 0 Å². The molecule has 0 aliphatic heterocycles. The first-order chi connectivity index (χ1) is 9.61. The molecule has 0 fully saturated rings. The van der Waals surface area contributed by atoms with Crippen LogP contribution in [0.4, 0.5) is 0 Å². The molecule has 0 saturated carbocycles. The van der Waals surface area contributed by atoms with E-state index in [2.05, 4.69) is 0 Å². The van der Waals surface area contributed by atoms with Gasteiger partial charge in [0.1, 0.15) is 6.10 Å². The summed E-state index contributed by atoms with van der Waals surface area (Å²) in [6, 6.07) is 4.78. The van der Waals surface area contributed by atoms with Gasteiger partial charge in [-0.1, -0.05) is 13.0 Å². The molecule has 1 aromatic carbocycles. The van der Waals surface area contributed by atoms with Crippen LogP contribution in [0.2, 0.25) is 0 Å². The van der Waals surface area contributed by atoms with Gasteiger partial charge >= 0.3 is 0 Å². The minimum absolute atomic E-state index is 0.142. The van der Waals surface area contributed by atoms with E-state index in [1.165, 1.54) is 25.3 Å². The topological polar surface area (TPSA) is 107 Å². The lowest BCUT2D eigenvalue weighted by atomic mass is 10.3. The highest BCUT2D eigenvalue weighted by Crippen LogP contribution is 2.15. The summed E-state index contributed by atoms with van der Waals surface area (Å²) >= 11 is 0. The Balaban J connectivity index is 3.12. The highest BCUT2D eigenvalue weighted by molar-refractivity contribution is 7.91. The number of hydrogen-bond acceptors (Lipinski definition) is 6. The van der Waals surface area contributed by atoms with Crippen LogP contribution in [0.1, 0.15) is 13.3 Å². The van der Waals surface area contributed by atoms with Gasteiger partial charge in [0.25, 0.3) is 15.9 Å². The van der Waals surface area contributed by atoms with Crippen LogP contribution in [0.25, 0.3) is 0 Å². The van der Waals surface area contributed by atoms with E-state index in [1.54, 1.807) is 6.92 Å². The van der Waals surface area contributed by atoms with Crippen molar-refractivity contribution >= 4 is 25.8 Å². The van der Waals surface area contributed by atoms with Gasteiger partial charge < -0.3 is 4.74 Å². The first kappa shape index (κ1) is 17.6. The molecule has 0 aromatic heterocycles. The Morgan fingerprint density at radius 3 is 2.29 bits per heavy atom. The summed E-state index contributed by atoms with van der Waals surface area (Å²) in [5.41, 5.74) is 0. The van der Waals surface area contributed by atoms with Crippen molar-refractivity contribution < 1.29 is 26.4 Å². The zero-order valence-electron chi connectivity index (χ0n) is 11.9. The number of rotatable bonds is 6. The van der Waals surface area contributed by atoms with Gasteiger partial charge in [0.2, 0.25) is 0 Å². The van der Waals surface area contributed by atoms with E-state index in [4.69, 9.17) is 4.74 Å². The second-order valence-corrected chi connectivity index (χ2v) is 8.05. The SMILES string of the molecule is CCC(OC)C(=O)NS(=O)(=O)c1cccc(S(C)(=O)=O)c1. The fraction of sp³-hybridized carbons (Fsp3) is 0.417. The lowest BCUT2D eigenvalue weighted by Gasteiger charge is -2.13. The zero-order chi connectivity index (χ0) is 16.3. The van der Waals surface area contributed by atoms with Gasteiger partial charge in [-0.25, -0.2) is 21.6 Å². The van der Waals surface area contributed by atoms with E-state index < -0.39 is 31.9 Å². The molecule has 0 radical (unpaired) electrons. The van der Waals surface area contributed by atoms with Crippen molar-refractivity contribution in [2.75, 3.05) is 13.4 Å². The molecule has 0 aliphatic rings. The van der Waals surface area contributed by atoms with Crippen LogP contribution in [0.15, 0.2) is 34.1 Å². The molecule has 1 atom stereocenters.